The Hall–Kier alpha value is -1.01. The van der Waals surface area contributed by atoms with Crippen molar-refractivity contribution in [3.63, 3.8) is 0 Å². The van der Waals surface area contributed by atoms with Crippen molar-refractivity contribution in [2.45, 2.75) is 12.8 Å². The van der Waals surface area contributed by atoms with Gasteiger partial charge in [-0.05, 0) is 0 Å². The van der Waals surface area contributed by atoms with Crippen LogP contribution in [0.4, 0.5) is 0 Å². The fourth-order valence-electron chi connectivity index (χ4n) is 0.615. The van der Waals surface area contributed by atoms with Crippen molar-refractivity contribution in [3.05, 3.63) is 0 Å². The zero-order chi connectivity index (χ0) is 15.6. The van der Waals surface area contributed by atoms with Crippen LogP contribution in [0.2, 0.25) is 0 Å². The van der Waals surface area contributed by atoms with E-state index in [9.17, 15) is 19.2 Å². The first-order valence-electron chi connectivity index (χ1n) is 4.82. The van der Waals surface area contributed by atoms with Gasteiger partial charge in [0.15, 0.2) is 5.96 Å². The number of carboxylic acids is 3. The van der Waals surface area contributed by atoms with Gasteiger partial charge >= 0.3 is 69.3 Å². The van der Waals surface area contributed by atoms with Gasteiger partial charge in [0.2, 0.25) is 5.78 Å². The van der Waals surface area contributed by atoms with E-state index in [0.717, 1.165) is 4.90 Å². The SMILES string of the molecule is CN(CC(=O)O)C(=N)N.O=C(O)CCC(=O)C(=O)O.[K+]. The summed E-state index contributed by atoms with van der Waals surface area (Å²) in [6, 6.07) is 0. The van der Waals surface area contributed by atoms with Crippen LogP contribution in [-0.4, -0.2) is 63.5 Å². The Morgan fingerprint density at radius 2 is 1.50 bits per heavy atom. The largest absolute Gasteiger partial charge is 1.00 e. The maximum atomic E-state index is 10.2. The quantitative estimate of drug-likeness (QED) is 0.139. The number of aliphatic carboxylic acids is 3. The Morgan fingerprint density at radius 3 is 1.70 bits per heavy atom. The summed E-state index contributed by atoms with van der Waals surface area (Å²) in [7, 11) is 1.44. The molecule has 0 radical (unpaired) electrons. The second-order valence-electron chi connectivity index (χ2n) is 3.26. The Kier molecular flexibility index (Phi) is 15.6. The standard InChI is InChI=1S/C5H6O5.C4H9N3O2.K/c6-3(5(9)10)1-2-4(7)8;1-7(4(5)6)2-3(8)9;/h1-2H2,(H,7,8)(H,9,10);2H2,1H3,(H3,5,6)(H,8,9);/q;;+1. The first-order chi connectivity index (χ1) is 8.57. The van der Waals surface area contributed by atoms with E-state index in [1.165, 1.54) is 7.05 Å². The molecule has 0 amide bonds. The Labute approximate surface area is 156 Å². The van der Waals surface area contributed by atoms with E-state index in [1.807, 2.05) is 0 Å². The van der Waals surface area contributed by atoms with Crippen molar-refractivity contribution in [3.8, 4) is 0 Å². The Balaban J connectivity index is -0.000000277. The molecular weight excluding hydrogens is 301 g/mol. The molecule has 0 bridgehead atoms. The summed E-state index contributed by atoms with van der Waals surface area (Å²) in [6.07, 6.45) is -0.865. The number of carbonyl (C=O) groups is 4. The molecule has 0 saturated carbocycles. The van der Waals surface area contributed by atoms with Crippen LogP contribution in [0.5, 0.6) is 0 Å². The topological polar surface area (TPSA) is 182 Å². The molecule has 0 atom stereocenters. The van der Waals surface area contributed by atoms with Crippen LogP contribution in [0.3, 0.4) is 0 Å². The number of likely N-dealkylation sites (N-methyl/N-ethyl adjacent to an activating group) is 1. The molecule has 108 valence electrons. The first kappa shape index (κ1) is 24.0. The van der Waals surface area contributed by atoms with Gasteiger partial charge in [-0.2, -0.15) is 0 Å². The maximum absolute atomic E-state index is 10.2. The fourth-order valence-corrected chi connectivity index (χ4v) is 0.615. The molecule has 0 aromatic carbocycles. The van der Waals surface area contributed by atoms with Crippen molar-refractivity contribution in [2.24, 2.45) is 5.73 Å². The number of nitrogens with two attached hydrogens (primary N) is 1. The molecule has 6 N–H and O–H groups in total. The molecular formula is C9H15KN3O7+. The molecule has 11 heteroatoms. The number of nitrogens with one attached hydrogen (secondary N) is 1. The third-order valence-corrected chi connectivity index (χ3v) is 1.59. The van der Waals surface area contributed by atoms with Gasteiger partial charge in [0.25, 0.3) is 0 Å². The summed E-state index contributed by atoms with van der Waals surface area (Å²) in [5.41, 5.74) is 4.93. The van der Waals surface area contributed by atoms with E-state index in [2.05, 4.69) is 0 Å². The fraction of sp³-hybridized carbons (Fsp3) is 0.444. The average Bonchev–Trinajstić information content (AvgIpc) is 2.25. The van der Waals surface area contributed by atoms with Crippen LogP contribution < -0.4 is 57.1 Å². The molecule has 0 aromatic heterocycles. The Bertz CT molecular complexity index is 386. The van der Waals surface area contributed by atoms with E-state index < -0.39 is 36.5 Å². The zero-order valence-electron chi connectivity index (χ0n) is 11.1. The molecule has 0 saturated heterocycles. The second-order valence-corrected chi connectivity index (χ2v) is 3.26. The average molecular weight is 316 g/mol. The van der Waals surface area contributed by atoms with Crippen LogP contribution in [0.25, 0.3) is 0 Å². The van der Waals surface area contributed by atoms with Gasteiger partial charge in [-0.3, -0.25) is 19.8 Å². The van der Waals surface area contributed by atoms with Crippen molar-refractivity contribution < 1.29 is 85.9 Å². The van der Waals surface area contributed by atoms with E-state index in [4.69, 9.17) is 26.5 Å². The minimum Gasteiger partial charge on any atom is -0.481 e. The number of nitrogens with zero attached hydrogens (tertiary/aromatic N) is 1. The number of ketones is 1. The van der Waals surface area contributed by atoms with E-state index in [0.29, 0.717) is 0 Å². The molecule has 0 aliphatic rings. The molecule has 10 nitrogen and oxygen atoms in total. The number of hydrogen-bond acceptors (Lipinski definition) is 5. The smallest absolute Gasteiger partial charge is 0.481 e. The van der Waals surface area contributed by atoms with Crippen LogP contribution in [0, 0.1) is 5.41 Å². The summed E-state index contributed by atoms with van der Waals surface area (Å²) in [4.78, 5) is 40.8. The molecule has 0 aromatic rings. The van der Waals surface area contributed by atoms with Crippen LogP contribution in [0.15, 0.2) is 0 Å². The molecule has 0 rings (SSSR count). The summed E-state index contributed by atoms with van der Waals surface area (Å²) in [6.45, 7) is -0.227. The van der Waals surface area contributed by atoms with Crippen molar-refractivity contribution in [1.82, 2.24) is 4.90 Å². The molecule has 0 heterocycles. The number of carboxylic acid groups (broad SMARTS) is 3. The maximum Gasteiger partial charge on any atom is 1.00 e. The van der Waals surface area contributed by atoms with Crippen LogP contribution >= 0.6 is 0 Å². The predicted molar refractivity (Wildman–Crippen MR) is 61.7 cm³/mol. The number of Topliss-reactive ketones (excluding diaryl/α,β-unsaturated/α-hetero) is 1. The van der Waals surface area contributed by atoms with Gasteiger partial charge in [-0.25, -0.2) is 4.79 Å². The molecule has 0 spiro atoms. The molecule has 20 heavy (non-hydrogen) atoms. The third kappa shape index (κ3) is 17.0. The monoisotopic (exact) mass is 316 g/mol. The molecule has 0 fully saturated rings. The van der Waals surface area contributed by atoms with Gasteiger partial charge in [0.05, 0.1) is 6.42 Å². The van der Waals surface area contributed by atoms with Crippen molar-refractivity contribution >= 4 is 29.7 Å². The third-order valence-electron chi connectivity index (χ3n) is 1.59. The van der Waals surface area contributed by atoms with Crippen molar-refractivity contribution in [1.29, 1.82) is 5.41 Å². The van der Waals surface area contributed by atoms with Gasteiger partial charge in [-0.1, -0.05) is 0 Å². The summed E-state index contributed by atoms with van der Waals surface area (Å²) in [5.74, 6) is -5.05. The van der Waals surface area contributed by atoms with Gasteiger partial charge in [0.1, 0.15) is 6.54 Å². The molecule has 0 unspecified atom stereocenters. The summed E-state index contributed by atoms with van der Waals surface area (Å²) >= 11 is 0. The van der Waals surface area contributed by atoms with Gasteiger partial charge < -0.3 is 26.0 Å². The van der Waals surface area contributed by atoms with Crippen LogP contribution in [-0.2, 0) is 19.2 Å². The normalized spacial score (nSPS) is 8.25. The summed E-state index contributed by atoms with van der Waals surface area (Å²) in [5, 5.41) is 30.8. The van der Waals surface area contributed by atoms with Gasteiger partial charge in [-0.15, -0.1) is 0 Å². The first-order valence-corrected chi connectivity index (χ1v) is 4.82. The minimum atomic E-state index is -1.58. The molecule has 0 aliphatic carbocycles. The number of guanidine groups is 1. The molecule has 0 aliphatic heterocycles. The number of rotatable bonds is 6. The number of carbonyl (C=O) groups excluding carboxylic acids is 1. The predicted octanol–water partition coefficient (Wildman–Crippen LogP) is -4.59. The number of hydrogen-bond donors (Lipinski definition) is 5. The minimum absolute atomic E-state index is 0. The van der Waals surface area contributed by atoms with Crippen LogP contribution in [0.1, 0.15) is 12.8 Å². The second kappa shape index (κ2) is 13.0. The van der Waals surface area contributed by atoms with E-state index >= 15 is 0 Å². The zero-order valence-corrected chi connectivity index (χ0v) is 14.2. The van der Waals surface area contributed by atoms with Gasteiger partial charge in [0, 0.05) is 13.5 Å². The summed E-state index contributed by atoms with van der Waals surface area (Å²) < 4.78 is 0. The van der Waals surface area contributed by atoms with E-state index in [-0.39, 0.29) is 63.9 Å². The Morgan fingerprint density at radius 1 is 1.05 bits per heavy atom. The van der Waals surface area contributed by atoms with Crippen molar-refractivity contribution in [2.75, 3.05) is 13.6 Å². The van der Waals surface area contributed by atoms with E-state index in [1.54, 1.807) is 0 Å².